The molecule has 1 unspecified atom stereocenters. The van der Waals surface area contributed by atoms with E-state index in [1.807, 2.05) is 53.7 Å². The molecule has 4 nitrogen and oxygen atoms in total. The fraction of sp³-hybridized carbons (Fsp3) is 0.586. The standard InChI is InChI=1S/C14H20O2.C11H16O2.2C2H6/c1-13(2)9-12(14(13,3)4)16-11-7-5-10(15)6-8-11;1-4-11(2,3)13-10-7-5-9(12)6-8-10;2*1-2/h5-8,12,15H,9H2,1-4H3;5-8,12H,4H2,1-3H3;2*1-2H3. The first-order valence-corrected chi connectivity index (χ1v) is 12.3. The summed E-state index contributed by atoms with van der Waals surface area (Å²) in [5.74, 6) is 2.18. The van der Waals surface area contributed by atoms with Crippen LogP contribution in [0.25, 0.3) is 0 Å². The van der Waals surface area contributed by atoms with E-state index >= 15 is 0 Å². The van der Waals surface area contributed by atoms with E-state index in [-0.39, 0.29) is 28.6 Å². The third-order valence-corrected chi connectivity index (χ3v) is 6.44. The van der Waals surface area contributed by atoms with Crippen molar-refractivity contribution in [3.8, 4) is 23.0 Å². The van der Waals surface area contributed by atoms with Crippen LogP contribution in [0.2, 0.25) is 0 Å². The zero-order valence-corrected chi connectivity index (χ0v) is 22.8. The van der Waals surface area contributed by atoms with Crippen molar-refractivity contribution in [1.29, 1.82) is 0 Å². The SMILES string of the molecule is CC.CC.CC1(C)CC(Oc2ccc(O)cc2)C1(C)C.CCC(C)(C)Oc1ccc(O)cc1. The van der Waals surface area contributed by atoms with Crippen molar-refractivity contribution in [2.45, 2.75) is 101 Å². The van der Waals surface area contributed by atoms with Crippen molar-refractivity contribution in [1.82, 2.24) is 0 Å². The molecule has 2 aromatic carbocycles. The molecule has 2 N–H and O–H groups in total. The van der Waals surface area contributed by atoms with Gasteiger partial charge >= 0.3 is 0 Å². The summed E-state index contributed by atoms with van der Waals surface area (Å²) in [4.78, 5) is 0. The molecular weight excluding hydrogens is 412 g/mol. The second kappa shape index (κ2) is 13.4. The van der Waals surface area contributed by atoms with Crippen LogP contribution in [0, 0.1) is 10.8 Å². The summed E-state index contributed by atoms with van der Waals surface area (Å²) in [5.41, 5.74) is 0.399. The van der Waals surface area contributed by atoms with Gasteiger partial charge in [-0.3, -0.25) is 0 Å². The van der Waals surface area contributed by atoms with Gasteiger partial charge in [0.25, 0.3) is 0 Å². The molecule has 1 aliphatic carbocycles. The highest BCUT2D eigenvalue weighted by Gasteiger charge is 2.55. The van der Waals surface area contributed by atoms with Gasteiger partial charge in [-0.1, -0.05) is 62.3 Å². The molecule has 0 amide bonds. The van der Waals surface area contributed by atoms with Crippen LogP contribution < -0.4 is 9.47 Å². The van der Waals surface area contributed by atoms with Crippen LogP contribution in [0.15, 0.2) is 48.5 Å². The van der Waals surface area contributed by atoms with Crippen LogP contribution in [-0.2, 0) is 0 Å². The lowest BCUT2D eigenvalue weighted by Crippen LogP contribution is -2.57. The molecule has 0 aliphatic heterocycles. The van der Waals surface area contributed by atoms with Crippen molar-refractivity contribution in [3.63, 3.8) is 0 Å². The largest absolute Gasteiger partial charge is 0.508 e. The maximum Gasteiger partial charge on any atom is 0.120 e. The van der Waals surface area contributed by atoms with Crippen molar-refractivity contribution in [2.75, 3.05) is 0 Å². The number of rotatable bonds is 5. The number of phenolic OH excluding ortho intramolecular Hbond substituents is 2. The average molecular weight is 461 g/mol. The molecule has 0 saturated heterocycles. The van der Waals surface area contributed by atoms with E-state index in [1.54, 1.807) is 36.4 Å². The average Bonchev–Trinajstić information content (AvgIpc) is 2.79. The molecule has 2 aromatic rings. The number of benzene rings is 2. The number of hydrogen-bond acceptors (Lipinski definition) is 4. The first-order chi connectivity index (χ1) is 15.4. The molecule has 0 heterocycles. The summed E-state index contributed by atoms with van der Waals surface area (Å²) in [7, 11) is 0. The molecule has 0 spiro atoms. The topological polar surface area (TPSA) is 58.9 Å². The smallest absolute Gasteiger partial charge is 0.120 e. The van der Waals surface area contributed by atoms with Gasteiger partial charge in [-0.2, -0.15) is 0 Å². The summed E-state index contributed by atoms with van der Waals surface area (Å²) in [6.07, 6.45) is 2.31. The molecule has 0 bridgehead atoms. The van der Waals surface area contributed by atoms with Gasteiger partial charge in [-0.25, -0.2) is 0 Å². The van der Waals surface area contributed by atoms with Crippen LogP contribution >= 0.6 is 0 Å². The highest BCUT2D eigenvalue weighted by molar-refractivity contribution is 5.31. The third-order valence-electron chi connectivity index (χ3n) is 6.44. The van der Waals surface area contributed by atoms with Gasteiger partial charge < -0.3 is 19.7 Å². The van der Waals surface area contributed by atoms with Crippen LogP contribution in [0.5, 0.6) is 23.0 Å². The second-order valence-electron chi connectivity index (χ2n) is 9.62. The summed E-state index contributed by atoms with van der Waals surface area (Å²) in [6.45, 7) is 23.2. The predicted molar refractivity (Wildman–Crippen MR) is 141 cm³/mol. The summed E-state index contributed by atoms with van der Waals surface area (Å²) in [5, 5.41) is 18.2. The van der Waals surface area contributed by atoms with Crippen LogP contribution in [0.1, 0.15) is 89.0 Å². The second-order valence-corrected chi connectivity index (χ2v) is 9.62. The number of phenols is 2. The van der Waals surface area contributed by atoms with Crippen molar-refractivity contribution in [2.24, 2.45) is 10.8 Å². The van der Waals surface area contributed by atoms with E-state index in [1.165, 1.54) is 0 Å². The molecule has 1 fully saturated rings. The third kappa shape index (κ3) is 9.19. The first kappa shape index (κ1) is 30.6. The van der Waals surface area contributed by atoms with Crippen LogP contribution in [0.4, 0.5) is 0 Å². The number of aromatic hydroxyl groups is 2. The van der Waals surface area contributed by atoms with Crippen molar-refractivity contribution < 1.29 is 19.7 Å². The van der Waals surface area contributed by atoms with Crippen LogP contribution in [0.3, 0.4) is 0 Å². The first-order valence-electron chi connectivity index (χ1n) is 12.3. The van der Waals surface area contributed by atoms with Gasteiger partial charge in [0.1, 0.15) is 34.7 Å². The quantitative estimate of drug-likeness (QED) is 0.469. The molecule has 0 aromatic heterocycles. The van der Waals surface area contributed by atoms with E-state index in [4.69, 9.17) is 14.6 Å². The lowest BCUT2D eigenvalue weighted by Gasteiger charge is -2.57. The fourth-order valence-corrected chi connectivity index (χ4v) is 3.07. The Kier molecular flexibility index (Phi) is 12.4. The summed E-state index contributed by atoms with van der Waals surface area (Å²) in [6, 6.07) is 13.7. The minimum absolute atomic E-state index is 0.142. The molecule has 1 aliphatic rings. The molecule has 188 valence electrons. The van der Waals surface area contributed by atoms with E-state index in [2.05, 4.69) is 34.6 Å². The van der Waals surface area contributed by atoms with Gasteiger partial charge in [-0.05, 0) is 80.6 Å². The molecular formula is C29H48O4. The van der Waals surface area contributed by atoms with Gasteiger partial charge in [0.15, 0.2) is 0 Å². The number of hydrogen-bond donors (Lipinski definition) is 2. The normalized spacial score (nSPS) is 17.4. The van der Waals surface area contributed by atoms with Gasteiger partial charge in [0.05, 0.1) is 0 Å². The maximum absolute atomic E-state index is 9.19. The minimum atomic E-state index is -0.142. The zero-order valence-electron chi connectivity index (χ0n) is 22.8. The Labute approximate surface area is 203 Å². The molecule has 0 radical (unpaired) electrons. The highest BCUT2D eigenvalue weighted by atomic mass is 16.5. The predicted octanol–water partition coefficient (Wildman–Crippen LogP) is 8.61. The van der Waals surface area contributed by atoms with E-state index in [0.717, 1.165) is 24.3 Å². The maximum atomic E-state index is 9.19. The lowest BCUT2D eigenvalue weighted by atomic mass is 9.51. The Morgan fingerprint density at radius 3 is 1.52 bits per heavy atom. The van der Waals surface area contributed by atoms with E-state index < -0.39 is 0 Å². The lowest BCUT2D eigenvalue weighted by molar-refractivity contribution is -0.137. The van der Waals surface area contributed by atoms with Gasteiger partial charge in [0.2, 0.25) is 0 Å². The fourth-order valence-electron chi connectivity index (χ4n) is 3.07. The summed E-state index contributed by atoms with van der Waals surface area (Å²) >= 11 is 0. The van der Waals surface area contributed by atoms with Gasteiger partial charge in [-0.15, -0.1) is 0 Å². The molecule has 3 rings (SSSR count). The molecule has 4 heteroatoms. The van der Waals surface area contributed by atoms with E-state index in [0.29, 0.717) is 5.41 Å². The highest BCUT2D eigenvalue weighted by Crippen LogP contribution is 2.57. The minimum Gasteiger partial charge on any atom is -0.508 e. The number of ether oxygens (including phenoxy) is 2. The molecule has 33 heavy (non-hydrogen) atoms. The molecule has 1 atom stereocenters. The monoisotopic (exact) mass is 460 g/mol. The Balaban J connectivity index is 0.000000549. The van der Waals surface area contributed by atoms with Crippen molar-refractivity contribution in [3.05, 3.63) is 48.5 Å². The van der Waals surface area contributed by atoms with E-state index in [9.17, 15) is 5.11 Å². The Morgan fingerprint density at radius 2 is 1.18 bits per heavy atom. The Hall–Kier alpha value is -2.36. The van der Waals surface area contributed by atoms with Gasteiger partial charge in [0, 0.05) is 5.41 Å². The Bertz CT molecular complexity index is 774. The molecule has 1 saturated carbocycles. The Morgan fingerprint density at radius 1 is 0.788 bits per heavy atom. The summed E-state index contributed by atoms with van der Waals surface area (Å²) < 4.78 is 11.6. The van der Waals surface area contributed by atoms with Crippen molar-refractivity contribution >= 4 is 0 Å². The van der Waals surface area contributed by atoms with Crippen LogP contribution in [-0.4, -0.2) is 21.9 Å². The zero-order chi connectivity index (χ0) is 25.9.